The van der Waals surface area contributed by atoms with Crippen LogP contribution in [0.25, 0.3) is 22.3 Å². The Morgan fingerprint density at radius 1 is 1.29 bits per heavy atom. The first-order chi connectivity index (χ1) is 18.1. The van der Waals surface area contributed by atoms with E-state index in [1.54, 1.807) is 24.7 Å². The first-order valence-corrected chi connectivity index (χ1v) is 12.6. The van der Waals surface area contributed by atoms with Crippen molar-refractivity contribution in [2.75, 3.05) is 33.3 Å². The number of alkyl halides is 3. The van der Waals surface area contributed by atoms with E-state index in [9.17, 15) is 23.2 Å². The molecule has 0 unspecified atom stereocenters. The van der Waals surface area contributed by atoms with E-state index in [0.29, 0.717) is 35.5 Å². The Labute approximate surface area is 218 Å². The van der Waals surface area contributed by atoms with Crippen molar-refractivity contribution in [2.24, 2.45) is 18.9 Å². The zero-order valence-corrected chi connectivity index (χ0v) is 21.5. The molecule has 8 nitrogen and oxygen atoms in total. The summed E-state index contributed by atoms with van der Waals surface area (Å²) in [6.45, 7) is 3.58. The van der Waals surface area contributed by atoms with Crippen LogP contribution in [0, 0.1) is 23.2 Å². The number of likely N-dealkylation sites (tertiary alicyclic amines) is 1. The molecule has 2 aromatic heterocycles. The minimum atomic E-state index is -4.67. The predicted molar refractivity (Wildman–Crippen MR) is 134 cm³/mol. The maximum atomic E-state index is 14.0. The van der Waals surface area contributed by atoms with Gasteiger partial charge in [0.2, 0.25) is 5.91 Å². The van der Waals surface area contributed by atoms with Crippen molar-refractivity contribution in [1.29, 1.82) is 5.26 Å². The lowest BCUT2D eigenvalue weighted by Crippen LogP contribution is -2.43. The molecule has 1 aliphatic heterocycles. The molecule has 2 aliphatic rings. The van der Waals surface area contributed by atoms with Crippen LogP contribution in [0.5, 0.6) is 5.75 Å². The number of fused-ring (bicyclic) bond motifs is 3. The summed E-state index contributed by atoms with van der Waals surface area (Å²) in [6.07, 6.45) is -0.820. The Morgan fingerprint density at radius 2 is 2.08 bits per heavy atom. The number of halogens is 3. The van der Waals surface area contributed by atoms with E-state index >= 15 is 0 Å². The van der Waals surface area contributed by atoms with Crippen molar-refractivity contribution in [1.82, 2.24) is 24.3 Å². The summed E-state index contributed by atoms with van der Waals surface area (Å²) in [7, 11) is 3.38. The van der Waals surface area contributed by atoms with Crippen LogP contribution < -0.4 is 4.74 Å². The monoisotopic (exact) mass is 526 g/mol. The van der Waals surface area contributed by atoms with E-state index in [2.05, 4.69) is 21.8 Å². The van der Waals surface area contributed by atoms with E-state index in [1.165, 1.54) is 29.8 Å². The first-order valence-electron chi connectivity index (χ1n) is 12.6. The third-order valence-corrected chi connectivity index (χ3v) is 7.97. The molecule has 0 spiro atoms. The normalized spacial score (nSPS) is 21.1. The summed E-state index contributed by atoms with van der Waals surface area (Å²) >= 11 is 0. The quantitative estimate of drug-likeness (QED) is 0.461. The summed E-state index contributed by atoms with van der Waals surface area (Å²) in [4.78, 5) is 24.8. The smallest absolute Gasteiger partial charge is 0.419 e. The van der Waals surface area contributed by atoms with E-state index in [1.807, 2.05) is 6.07 Å². The van der Waals surface area contributed by atoms with Crippen molar-refractivity contribution >= 4 is 16.9 Å². The lowest BCUT2D eigenvalue weighted by Gasteiger charge is -2.28. The number of likely N-dealkylation sites (N-methyl/N-ethyl adjacent to an activating group) is 1. The van der Waals surface area contributed by atoms with E-state index in [4.69, 9.17) is 4.74 Å². The molecule has 1 saturated carbocycles. The second kappa shape index (κ2) is 9.91. The maximum Gasteiger partial charge on any atom is 0.419 e. The topological polar surface area (TPSA) is 87.3 Å². The number of pyridine rings is 1. The van der Waals surface area contributed by atoms with Crippen LogP contribution in [-0.2, 0) is 18.0 Å². The Morgan fingerprint density at radius 3 is 2.74 bits per heavy atom. The number of carbonyl (C=O) groups is 1. The molecule has 3 aromatic rings. The summed E-state index contributed by atoms with van der Waals surface area (Å²) in [6, 6.07) is 7.71. The Kier molecular flexibility index (Phi) is 6.77. The highest BCUT2D eigenvalue weighted by atomic mass is 19.4. The van der Waals surface area contributed by atoms with Gasteiger partial charge in [0.1, 0.15) is 23.9 Å². The molecular weight excluding hydrogens is 497 g/mol. The van der Waals surface area contributed by atoms with Crippen molar-refractivity contribution in [3.63, 3.8) is 0 Å². The number of amides is 1. The fraction of sp³-hybridized carbons (Fsp3) is 0.481. The van der Waals surface area contributed by atoms with E-state index < -0.39 is 11.7 Å². The number of imidazole rings is 1. The van der Waals surface area contributed by atoms with Crippen molar-refractivity contribution < 1.29 is 22.7 Å². The minimum Gasteiger partial charge on any atom is -0.491 e. The molecule has 200 valence electrons. The van der Waals surface area contributed by atoms with Crippen LogP contribution in [0.1, 0.15) is 31.0 Å². The van der Waals surface area contributed by atoms with Crippen LogP contribution >= 0.6 is 0 Å². The number of nitriles is 1. The van der Waals surface area contributed by atoms with Gasteiger partial charge < -0.3 is 14.2 Å². The van der Waals surface area contributed by atoms with Crippen LogP contribution in [0.3, 0.4) is 0 Å². The molecule has 3 atom stereocenters. The third kappa shape index (κ3) is 4.80. The average molecular weight is 527 g/mol. The number of carbonyl (C=O) groups excluding carboxylic acids is 1. The van der Waals surface area contributed by atoms with Crippen LogP contribution in [0.15, 0.2) is 30.6 Å². The molecule has 1 saturated heterocycles. The summed E-state index contributed by atoms with van der Waals surface area (Å²) in [5.74, 6) is 0.866. The highest BCUT2D eigenvalue weighted by Gasteiger charge is 2.44. The van der Waals surface area contributed by atoms with Gasteiger partial charge in [-0.2, -0.15) is 18.4 Å². The van der Waals surface area contributed by atoms with Crippen LogP contribution in [0.4, 0.5) is 13.2 Å². The van der Waals surface area contributed by atoms with E-state index in [0.717, 1.165) is 19.0 Å². The summed E-state index contributed by atoms with van der Waals surface area (Å²) in [5, 5.41) is 9.45. The Balaban J connectivity index is 1.28. The molecule has 38 heavy (non-hydrogen) atoms. The van der Waals surface area contributed by atoms with Gasteiger partial charge in [-0.1, -0.05) is 6.92 Å². The van der Waals surface area contributed by atoms with Crippen LogP contribution in [-0.4, -0.2) is 69.6 Å². The van der Waals surface area contributed by atoms with Gasteiger partial charge in [-0.25, -0.2) is 9.97 Å². The van der Waals surface area contributed by atoms with Gasteiger partial charge in [0.25, 0.3) is 0 Å². The molecule has 11 heteroatoms. The molecule has 2 fully saturated rings. The number of piperidine rings is 1. The number of aromatic nitrogens is 3. The number of hydrogen-bond acceptors (Lipinski definition) is 6. The third-order valence-electron chi connectivity index (χ3n) is 7.97. The molecule has 2 bridgehead atoms. The minimum absolute atomic E-state index is 0.0379. The van der Waals surface area contributed by atoms with Gasteiger partial charge in [0.15, 0.2) is 5.69 Å². The number of nitrogens with zero attached hydrogens (tertiary/aromatic N) is 6. The van der Waals surface area contributed by atoms with Gasteiger partial charge in [0, 0.05) is 32.2 Å². The molecule has 1 aliphatic carbocycles. The van der Waals surface area contributed by atoms with Crippen molar-refractivity contribution in [3.8, 4) is 23.1 Å². The molecule has 1 aromatic carbocycles. The van der Waals surface area contributed by atoms with Gasteiger partial charge >= 0.3 is 6.18 Å². The van der Waals surface area contributed by atoms with Crippen molar-refractivity contribution in [3.05, 3.63) is 41.9 Å². The summed E-state index contributed by atoms with van der Waals surface area (Å²) < 4.78 is 49.1. The molecule has 0 N–H and O–H groups in total. The number of rotatable bonds is 7. The largest absolute Gasteiger partial charge is 0.491 e. The fourth-order valence-corrected chi connectivity index (χ4v) is 5.72. The Bertz CT molecular complexity index is 1410. The SMILES string of the molecule is C[C@@H]1[C@H]2CC[C@@H]1N(CC(=O)N(C)CCOc1ccc(-c3cc4c(ncn4C)c(C#N)n3)cc1C(F)(F)F)C2. The number of ether oxygens (including phenoxy) is 1. The molecular formula is C27H29F3N6O2. The van der Waals surface area contributed by atoms with Gasteiger partial charge in [-0.05, 0) is 48.9 Å². The van der Waals surface area contributed by atoms with Gasteiger partial charge in [-0.15, -0.1) is 0 Å². The van der Waals surface area contributed by atoms with E-state index in [-0.39, 0.29) is 41.8 Å². The molecule has 1 amide bonds. The number of benzene rings is 1. The molecule has 5 rings (SSSR count). The van der Waals surface area contributed by atoms with Gasteiger partial charge in [0.05, 0.1) is 36.2 Å². The second-order valence-corrected chi connectivity index (χ2v) is 10.3. The number of hydrogen-bond donors (Lipinski definition) is 0. The molecule has 3 heterocycles. The number of aryl methyl sites for hydroxylation is 1. The lowest BCUT2D eigenvalue weighted by molar-refractivity contribution is -0.139. The fourth-order valence-electron chi connectivity index (χ4n) is 5.72. The zero-order chi connectivity index (χ0) is 27.2. The van der Waals surface area contributed by atoms with Gasteiger partial charge in [-0.3, -0.25) is 9.69 Å². The second-order valence-electron chi connectivity index (χ2n) is 10.3. The highest BCUT2D eigenvalue weighted by molar-refractivity contribution is 5.84. The first kappa shape index (κ1) is 26.0. The predicted octanol–water partition coefficient (Wildman–Crippen LogP) is 4.09. The van der Waals surface area contributed by atoms with Crippen LogP contribution in [0.2, 0.25) is 0 Å². The van der Waals surface area contributed by atoms with Crippen molar-refractivity contribution in [2.45, 2.75) is 32.0 Å². The average Bonchev–Trinajstić information content (AvgIpc) is 3.53. The lowest BCUT2D eigenvalue weighted by atomic mass is 10.0. The highest BCUT2D eigenvalue weighted by Crippen LogP contribution is 2.42. The standard InChI is InChI=1S/C27H29F3N6O2/c1-16-18-4-6-22(16)36(13-18)14-25(37)34(2)8-9-38-24-7-5-17(10-19(24)27(28,29)30)20-11-23-26(21(12-31)33-20)32-15-35(23)3/h5,7,10-11,15-16,18,22H,4,6,8-9,13-14H2,1-3H3/t16-,18+,22+/m1/s1. The molecule has 0 radical (unpaired) electrons. The Hall–Kier alpha value is -3.65. The maximum absolute atomic E-state index is 14.0. The summed E-state index contributed by atoms with van der Waals surface area (Å²) in [5.41, 5.74) is 0.493. The zero-order valence-electron chi connectivity index (χ0n) is 21.5.